The summed E-state index contributed by atoms with van der Waals surface area (Å²) in [5, 5.41) is 0.672. The monoisotopic (exact) mass is 654 g/mol. The van der Waals surface area contributed by atoms with Gasteiger partial charge < -0.3 is 14.8 Å². The van der Waals surface area contributed by atoms with Gasteiger partial charge in [0.2, 0.25) is 5.91 Å². The first-order valence-electron chi connectivity index (χ1n) is 15.8. The average Bonchev–Trinajstić information content (AvgIpc) is 3.54. The largest absolute Gasteiger partial charge is 0.363 e. The SMILES string of the molecule is C=CC(=O)N1CC2Cc3c(c4cc(Cl)c(-c5c(C)ccc6[nH]c(=O)n(C)c56)c(F)c4n(-c4c(C)ccnc4C(C)C)c3=O)N2CC1C. The van der Waals surface area contributed by atoms with E-state index in [0.29, 0.717) is 64.1 Å². The number of nitrogens with one attached hydrogen (secondary N) is 1. The summed E-state index contributed by atoms with van der Waals surface area (Å²) in [4.78, 5) is 51.7. The Balaban J connectivity index is 1.62. The van der Waals surface area contributed by atoms with Gasteiger partial charge in [-0.25, -0.2) is 9.18 Å². The van der Waals surface area contributed by atoms with Crippen LogP contribution in [0.25, 0.3) is 38.8 Å². The molecule has 0 radical (unpaired) electrons. The molecule has 1 N–H and O–H groups in total. The van der Waals surface area contributed by atoms with Gasteiger partial charge in [-0.15, -0.1) is 0 Å². The number of amides is 1. The van der Waals surface area contributed by atoms with E-state index in [4.69, 9.17) is 11.6 Å². The lowest BCUT2D eigenvalue weighted by Gasteiger charge is -2.43. The molecule has 5 aromatic rings. The lowest BCUT2D eigenvalue weighted by Crippen LogP contribution is -2.57. The van der Waals surface area contributed by atoms with E-state index in [9.17, 15) is 14.4 Å². The molecule has 1 saturated heterocycles. The van der Waals surface area contributed by atoms with Gasteiger partial charge in [0.15, 0.2) is 5.82 Å². The second-order valence-corrected chi connectivity index (χ2v) is 13.5. The molecule has 11 heteroatoms. The number of halogens is 2. The van der Waals surface area contributed by atoms with Crippen LogP contribution in [0.2, 0.25) is 5.02 Å². The molecule has 2 aliphatic rings. The Morgan fingerprint density at radius 3 is 2.55 bits per heavy atom. The predicted molar refractivity (Wildman–Crippen MR) is 185 cm³/mol. The number of aryl methyl sites for hydroxylation is 3. The number of rotatable bonds is 4. The first-order valence-corrected chi connectivity index (χ1v) is 16.2. The number of aromatic nitrogens is 4. The first kappa shape index (κ1) is 30.9. The zero-order chi connectivity index (χ0) is 33.6. The third-order valence-corrected chi connectivity index (χ3v) is 10.2. The van der Waals surface area contributed by atoms with Crippen molar-refractivity contribution in [1.82, 2.24) is 24.0 Å². The molecule has 9 nitrogen and oxygen atoms in total. The van der Waals surface area contributed by atoms with Gasteiger partial charge in [0.05, 0.1) is 44.7 Å². The number of carbonyl (C=O) groups excluding carboxylic acids is 1. The summed E-state index contributed by atoms with van der Waals surface area (Å²) in [6.45, 7) is 14.2. The average molecular weight is 655 g/mol. The number of carbonyl (C=O) groups is 1. The Labute approximate surface area is 275 Å². The fourth-order valence-corrected chi connectivity index (χ4v) is 7.94. The molecule has 1 amide bonds. The van der Waals surface area contributed by atoms with E-state index >= 15 is 4.39 Å². The van der Waals surface area contributed by atoms with Crippen molar-refractivity contribution in [3.8, 4) is 16.8 Å². The molecular weight excluding hydrogens is 619 g/mol. The molecule has 2 atom stereocenters. The van der Waals surface area contributed by atoms with E-state index in [0.717, 1.165) is 11.1 Å². The number of nitrogens with zero attached hydrogens (tertiary/aromatic N) is 5. The van der Waals surface area contributed by atoms with Crippen molar-refractivity contribution >= 4 is 45.1 Å². The Bertz CT molecular complexity index is 2300. The molecule has 2 aliphatic heterocycles. The Hall–Kier alpha value is -4.70. The molecule has 0 spiro atoms. The number of pyridine rings is 2. The fraction of sp³-hybridized carbons (Fsp3) is 0.333. The summed E-state index contributed by atoms with van der Waals surface area (Å²) in [6.07, 6.45) is 3.41. The predicted octanol–water partition coefficient (Wildman–Crippen LogP) is 5.91. The highest BCUT2D eigenvalue weighted by Gasteiger charge is 2.42. The fourth-order valence-electron chi connectivity index (χ4n) is 7.65. The van der Waals surface area contributed by atoms with Crippen molar-refractivity contribution in [1.29, 1.82) is 0 Å². The van der Waals surface area contributed by atoms with Crippen LogP contribution in [-0.2, 0) is 18.3 Å². The van der Waals surface area contributed by atoms with Crippen molar-refractivity contribution < 1.29 is 9.18 Å². The minimum atomic E-state index is -0.661. The van der Waals surface area contributed by atoms with Crippen molar-refractivity contribution in [3.05, 3.63) is 97.2 Å². The maximum atomic E-state index is 17.8. The summed E-state index contributed by atoms with van der Waals surface area (Å²) in [5.74, 6) is -0.886. The second kappa shape index (κ2) is 10.9. The molecule has 7 rings (SSSR count). The van der Waals surface area contributed by atoms with Crippen LogP contribution in [0.4, 0.5) is 10.1 Å². The summed E-state index contributed by atoms with van der Waals surface area (Å²) in [6, 6.07) is 6.85. The van der Waals surface area contributed by atoms with E-state index in [-0.39, 0.29) is 51.3 Å². The number of anilines is 1. The normalized spacial score (nSPS) is 17.6. The van der Waals surface area contributed by atoms with Crippen LogP contribution in [0.1, 0.15) is 49.1 Å². The molecule has 5 heterocycles. The minimum absolute atomic E-state index is 0.0639. The highest BCUT2D eigenvalue weighted by molar-refractivity contribution is 6.35. The van der Waals surface area contributed by atoms with E-state index in [2.05, 4.69) is 21.4 Å². The summed E-state index contributed by atoms with van der Waals surface area (Å²) in [7, 11) is 1.63. The molecule has 47 heavy (non-hydrogen) atoms. The molecule has 1 fully saturated rings. The number of H-pyrrole nitrogens is 1. The zero-order valence-electron chi connectivity index (χ0n) is 27.2. The van der Waals surface area contributed by atoms with Gasteiger partial charge in [0, 0.05) is 60.9 Å². The quantitative estimate of drug-likeness (QED) is 0.243. The second-order valence-electron chi connectivity index (χ2n) is 13.1. The van der Waals surface area contributed by atoms with Gasteiger partial charge in [0.25, 0.3) is 5.56 Å². The van der Waals surface area contributed by atoms with Crippen molar-refractivity contribution in [3.63, 3.8) is 0 Å². The lowest BCUT2D eigenvalue weighted by atomic mass is 9.95. The van der Waals surface area contributed by atoms with Crippen LogP contribution in [-0.4, -0.2) is 55.1 Å². The van der Waals surface area contributed by atoms with Gasteiger partial charge >= 0.3 is 5.69 Å². The van der Waals surface area contributed by atoms with Gasteiger partial charge in [-0.1, -0.05) is 38.1 Å². The molecule has 2 aromatic carbocycles. The molecule has 2 unspecified atom stereocenters. The standard InChI is InChI=1S/C36H36ClFN6O3/c1-8-26(45)42-16-21-13-23-32(43(21)15-20(42)6)22-14-24(37)28(27-18(4)9-10-25-34(27)41(7)36(47)40-25)29(38)33(22)44(35(23)46)31-19(5)11-12-39-30(31)17(2)3/h8-12,14,17,20-21H,1,13,15-16H2,2-7H3,(H,40,47). The van der Waals surface area contributed by atoms with Gasteiger partial charge in [0.1, 0.15) is 0 Å². The molecule has 3 aromatic heterocycles. The Kier molecular flexibility index (Phi) is 7.20. The molecule has 0 saturated carbocycles. The maximum absolute atomic E-state index is 17.8. The van der Waals surface area contributed by atoms with Gasteiger partial charge in [-0.3, -0.25) is 23.7 Å². The number of hydrogen-bond donors (Lipinski definition) is 1. The van der Waals surface area contributed by atoms with E-state index in [1.807, 2.05) is 46.8 Å². The van der Waals surface area contributed by atoms with E-state index in [1.165, 1.54) is 15.2 Å². The summed E-state index contributed by atoms with van der Waals surface area (Å²) in [5.41, 5.74) is 5.00. The van der Waals surface area contributed by atoms with E-state index < -0.39 is 5.82 Å². The zero-order valence-corrected chi connectivity index (χ0v) is 28.0. The first-order chi connectivity index (χ1) is 22.3. The number of fused-ring (bicyclic) bond motifs is 6. The van der Waals surface area contributed by atoms with Crippen LogP contribution >= 0.6 is 11.6 Å². The number of benzene rings is 2. The van der Waals surface area contributed by atoms with Crippen molar-refractivity contribution in [2.75, 3.05) is 18.0 Å². The van der Waals surface area contributed by atoms with Crippen molar-refractivity contribution in [2.45, 2.75) is 59.0 Å². The molecular formula is C36H36ClFN6O3. The number of imidazole rings is 1. The Morgan fingerprint density at radius 1 is 1.11 bits per heavy atom. The number of piperazine rings is 1. The molecule has 0 bridgehead atoms. The highest BCUT2D eigenvalue weighted by atomic mass is 35.5. The third kappa shape index (κ3) is 4.41. The van der Waals surface area contributed by atoms with E-state index in [1.54, 1.807) is 30.3 Å². The van der Waals surface area contributed by atoms with Crippen LogP contribution in [0.3, 0.4) is 0 Å². The summed E-state index contributed by atoms with van der Waals surface area (Å²) < 4.78 is 20.7. The van der Waals surface area contributed by atoms with Crippen molar-refractivity contribution in [2.24, 2.45) is 7.05 Å². The Morgan fingerprint density at radius 2 is 1.85 bits per heavy atom. The van der Waals surface area contributed by atoms with Crippen LogP contribution in [0.5, 0.6) is 0 Å². The summed E-state index contributed by atoms with van der Waals surface area (Å²) >= 11 is 7.09. The van der Waals surface area contributed by atoms with Crippen LogP contribution in [0.15, 0.2) is 52.7 Å². The highest BCUT2D eigenvalue weighted by Crippen LogP contribution is 2.46. The van der Waals surface area contributed by atoms with Crippen LogP contribution in [0, 0.1) is 19.7 Å². The van der Waals surface area contributed by atoms with Gasteiger partial charge in [-0.2, -0.15) is 0 Å². The van der Waals surface area contributed by atoms with Gasteiger partial charge in [-0.05, 0) is 62.1 Å². The number of hydrogen-bond acceptors (Lipinski definition) is 5. The number of aromatic amines is 1. The van der Waals surface area contributed by atoms with Crippen LogP contribution < -0.4 is 16.1 Å². The topological polar surface area (TPSA) is 96.2 Å². The maximum Gasteiger partial charge on any atom is 0.326 e. The minimum Gasteiger partial charge on any atom is -0.363 e. The molecule has 0 aliphatic carbocycles. The molecule has 242 valence electrons. The lowest BCUT2D eigenvalue weighted by molar-refractivity contribution is -0.128. The third-order valence-electron chi connectivity index (χ3n) is 9.89. The smallest absolute Gasteiger partial charge is 0.326 e.